The van der Waals surface area contributed by atoms with E-state index < -0.39 is 0 Å². The molecule has 0 N–H and O–H groups in total. The van der Waals surface area contributed by atoms with Crippen molar-refractivity contribution >= 4 is 21.9 Å². The van der Waals surface area contributed by atoms with Crippen molar-refractivity contribution in [3.8, 4) is 79.2 Å². The summed E-state index contributed by atoms with van der Waals surface area (Å²) in [7, 11) is 0. The number of benzene rings is 7. The molecule has 0 saturated carbocycles. The maximum atomic E-state index is 6.43. The summed E-state index contributed by atoms with van der Waals surface area (Å²) in [5.41, 5.74) is 11.3. The van der Waals surface area contributed by atoms with Gasteiger partial charge in [-0.3, -0.25) is 0 Å². The standard InChI is InChI=1S/C49H31N5O/c1-5-13-33(14-6-1)42-31-43(34-15-7-2-8-16-34)51-49(50-42)39-26-28-44-41(29-39)40-27-25-38(30-45(40)55-44)32-21-23-37(24-22-32)48-53-46(35-17-9-3-10-18-35)52-47(54-48)36-19-11-4-12-20-36/h1-31H. The van der Waals surface area contributed by atoms with Crippen LogP contribution in [0.2, 0.25) is 0 Å². The number of aromatic nitrogens is 5. The minimum atomic E-state index is 0.622. The van der Waals surface area contributed by atoms with Crippen molar-refractivity contribution in [1.29, 1.82) is 0 Å². The lowest BCUT2D eigenvalue weighted by Gasteiger charge is -2.09. The van der Waals surface area contributed by atoms with Crippen LogP contribution in [0, 0.1) is 0 Å². The fraction of sp³-hybridized carbons (Fsp3) is 0. The lowest BCUT2D eigenvalue weighted by Crippen LogP contribution is -2.00. The number of nitrogens with zero attached hydrogens (tertiary/aromatic N) is 5. The summed E-state index contributed by atoms with van der Waals surface area (Å²) < 4.78 is 6.43. The van der Waals surface area contributed by atoms with Crippen LogP contribution < -0.4 is 0 Å². The predicted molar refractivity (Wildman–Crippen MR) is 221 cm³/mol. The summed E-state index contributed by atoms with van der Waals surface area (Å²) in [5, 5.41) is 2.05. The van der Waals surface area contributed by atoms with E-state index in [1.807, 2.05) is 109 Å². The van der Waals surface area contributed by atoms with Crippen LogP contribution in [0.25, 0.3) is 101 Å². The Hall–Kier alpha value is -7.57. The normalized spacial score (nSPS) is 11.3. The summed E-state index contributed by atoms with van der Waals surface area (Å²) in [5.74, 6) is 2.56. The molecule has 6 nitrogen and oxygen atoms in total. The van der Waals surface area contributed by atoms with Crippen LogP contribution in [0.5, 0.6) is 0 Å². The average Bonchev–Trinajstić information content (AvgIpc) is 3.64. The molecular weight excluding hydrogens is 675 g/mol. The molecule has 258 valence electrons. The molecule has 0 amide bonds. The Morgan fingerprint density at radius 2 is 0.673 bits per heavy atom. The van der Waals surface area contributed by atoms with Crippen molar-refractivity contribution in [2.24, 2.45) is 0 Å². The van der Waals surface area contributed by atoms with E-state index in [-0.39, 0.29) is 0 Å². The minimum Gasteiger partial charge on any atom is -0.456 e. The van der Waals surface area contributed by atoms with Gasteiger partial charge in [0.15, 0.2) is 23.3 Å². The van der Waals surface area contributed by atoms with E-state index in [4.69, 9.17) is 29.3 Å². The minimum absolute atomic E-state index is 0.622. The third-order valence-corrected chi connectivity index (χ3v) is 9.77. The third-order valence-electron chi connectivity index (χ3n) is 9.77. The van der Waals surface area contributed by atoms with E-state index >= 15 is 0 Å². The van der Waals surface area contributed by atoms with Crippen LogP contribution in [0.1, 0.15) is 0 Å². The second-order valence-electron chi connectivity index (χ2n) is 13.3. The third kappa shape index (κ3) is 6.32. The molecule has 0 bridgehead atoms. The van der Waals surface area contributed by atoms with E-state index in [2.05, 4.69) is 78.9 Å². The monoisotopic (exact) mass is 705 g/mol. The van der Waals surface area contributed by atoms with Gasteiger partial charge in [0.05, 0.1) is 11.4 Å². The van der Waals surface area contributed by atoms with Gasteiger partial charge in [0.2, 0.25) is 0 Å². The van der Waals surface area contributed by atoms with E-state index in [1.165, 1.54) is 0 Å². The highest BCUT2D eigenvalue weighted by Gasteiger charge is 2.16. The first kappa shape index (κ1) is 32.1. The van der Waals surface area contributed by atoms with Crippen molar-refractivity contribution in [2.45, 2.75) is 0 Å². The van der Waals surface area contributed by atoms with Gasteiger partial charge in [-0.15, -0.1) is 0 Å². The molecule has 0 aliphatic rings. The Balaban J connectivity index is 0.994. The Morgan fingerprint density at radius 1 is 0.255 bits per heavy atom. The molecule has 0 saturated heterocycles. The summed E-state index contributed by atoms with van der Waals surface area (Å²) >= 11 is 0. The number of fused-ring (bicyclic) bond motifs is 3. The first-order valence-corrected chi connectivity index (χ1v) is 18.2. The van der Waals surface area contributed by atoms with Crippen molar-refractivity contribution < 1.29 is 4.42 Å². The molecule has 0 aliphatic heterocycles. The zero-order valence-corrected chi connectivity index (χ0v) is 29.5. The zero-order valence-electron chi connectivity index (χ0n) is 29.5. The second-order valence-corrected chi connectivity index (χ2v) is 13.3. The highest BCUT2D eigenvalue weighted by Crippen LogP contribution is 2.36. The number of rotatable bonds is 7. The molecule has 3 aromatic heterocycles. The maximum absolute atomic E-state index is 6.43. The van der Waals surface area contributed by atoms with Crippen LogP contribution >= 0.6 is 0 Å². The summed E-state index contributed by atoms with van der Waals surface area (Å²) in [6.07, 6.45) is 0. The van der Waals surface area contributed by atoms with Gasteiger partial charge in [-0.05, 0) is 47.5 Å². The summed E-state index contributed by atoms with van der Waals surface area (Å²) in [6, 6.07) is 63.5. The molecule has 6 heteroatoms. The predicted octanol–water partition coefficient (Wildman–Crippen LogP) is 12.2. The Kier molecular flexibility index (Phi) is 8.04. The lowest BCUT2D eigenvalue weighted by atomic mass is 10.0. The summed E-state index contributed by atoms with van der Waals surface area (Å²) in [4.78, 5) is 24.7. The fourth-order valence-electron chi connectivity index (χ4n) is 6.94. The van der Waals surface area contributed by atoms with Gasteiger partial charge in [0, 0.05) is 44.2 Å². The highest BCUT2D eigenvalue weighted by molar-refractivity contribution is 6.07. The highest BCUT2D eigenvalue weighted by atomic mass is 16.3. The molecule has 10 rings (SSSR count). The van der Waals surface area contributed by atoms with Crippen LogP contribution in [0.15, 0.2) is 192 Å². The van der Waals surface area contributed by atoms with Gasteiger partial charge in [0.1, 0.15) is 11.2 Å². The van der Waals surface area contributed by atoms with Crippen LogP contribution in [0.4, 0.5) is 0 Å². The number of hydrogen-bond donors (Lipinski definition) is 0. The Morgan fingerprint density at radius 3 is 1.20 bits per heavy atom. The topological polar surface area (TPSA) is 77.6 Å². The Bertz CT molecular complexity index is 2830. The van der Waals surface area contributed by atoms with Gasteiger partial charge >= 0.3 is 0 Å². The average molecular weight is 706 g/mol. The number of hydrogen-bond acceptors (Lipinski definition) is 6. The zero-order chi connectivity index (χ0) is 36.6. The van der Waals surface area contributed by atoms with Crippen LogP contribution in [-0.4, -0.2) is 24.9 Å². The van der Waals surface area contributed by atoms with E-state index in [9.17, 15) is 0 Å². The maximum Gasteiger partial charge on any atom is 0.164 e. The van der Waals surface area contributed by atoms with Crippen molar-refractivity contribution in [1.82, 2.24) is 24.9 Å². The Labute approximate surface area is 317 Å². The molecule has 0 aliphatic carbocycles. The van der Waals surface area contributed by atoms with E-state index in [0.29, 0.717) is 23.3 Å². The number of furan rings is 1. The molecule has 7 aromatic carbocycles. The van der Waals surface area contributed by atoms with Crippen molar-refractivity contribution in [3.05, 3.63) is 188 Å². The second kappa shape index (κ2) is 13.8. The molecular formula is C49H31N5O. The lowest BCUT2D eigenvalue weighted by molar-refractivity contribution is 0.669. The van der Waals surface area contributed by atoms with Crippen LogP contribution in [-0.2, 0) is 0 Å². The molecule has 0 spiro atoms. The van der Waals surface area contributed by atoms with Crippen molar-refractivity contribution in [3.63, 3.8) is 0 Å². The smallest absolute Gasteiger partial charge is 0.164 e. The van der Waals surface area contributed by atoms with Gasteiger partial charge in [-0.2, -0.15) is 0 Å². The SMILES string of the molecule is c1ccc(-c2cc(-c3ccccc3)nc(-c3ccc4oc5cc(-c6ccc(-c7nc(-c8ccccc8)nc(-c8ccccc8)n7)cc6)ccc5c4c3)n2)cc1. The van der Waals surface area contributed by atoms with Gasteiger partial charge in [0.25, 0.3) is 0 Å². The first-order chi connectivity index (χ1) is 27.2. The first-order valence-electron chi connectivity index (χ1n) is 18.2. The molecule has 10 aromatic rings. The quantitative estimate of drug-likeness (QED) is 0.164. The molecule has 55 heavy (non-hydrogen) atoms. The van der Waals surface area contributed by atoms with E-state index in [0.717, 1.165) is 77.8 Å². The largest absolute Gasteiger partial charge is 0.456 e. The van der Waals surface area contributed by atoms with Gasteiger partial charge in [-0.25, -0.2) is 24.9 Å². The fourth-order valence-corrected chi connectivity index (χ4v) is 6.94. The summed E-state index contributed by atoms with van der Waals surface area (Å²) in [6.45, 7) is 0. The molecule has 0 radical (unpaired) electrons. The molecule has 3 heterocycles. The van der Waals surface area contributed by atoms with Crippen LogP contribution in [0.3, 0.4) is 0 Å². The molecule has 0 atom stereocenters. The molecule has 0 unspecified atom stereocenters. The molecule has 0 fully saturated rings. The van der Waals surface area contributed by atoms with Gasteiger partial charge in [-0.1, -0.05) is 152 Å². The van der Waals surface area contributed by atoms with E-state index in [1.54, 1.807) is 0 Å². The van der Waals surface area contributed by atoms with Gasteiger partial charge < -0.3 is 4.42 Å². The van der Waals surface area contributed by atoms with Crippen molar-refractivity contribution in [2.75, 3.05) is 0 Å².